The number of nitriles is 1. The highest BCUT2D eigenvalue weighted by Crippen LogP contribution is 2.45. The van der Waals surface area contributed by atoms with E-state index in [0.29, 0.717) is 31.8 Å². The second-order valence-corrected chi connectivity index (χ2v) is 13.0. The van der Waals surface area contributed by atoms with Crippen LogP contribution in [0, 0.1) is 23.1 Å². The Balaban J connectivity index is 1.34. The largest absolute Gasteiger partial charge is 0.444 e. The minimum absolute atomic E-state index is 0.0274. The highest BCUT2D eigenvalue weighted by Gasteiger charge is 2.54. The monoisotopic (exact) mass is 567 g/mol. The van der Waals surface area contributed by atoms with E-state index in [-0.39, 0.29) is 36.3 Å². The number of amides is 3. The van der Waals surface area contributed by atoms with Gasteiger partial charge < -0.3 is 19.9 Å². The molecule has 10 heteroatoms. The van der Waals surface area contributed by atoms with Crippen LogP contribution in [0.3, 0.4) is 0 Å². The first kappa shape index (κ1) is 29.3. The Labute approximate surface area is 242 Å². The summed E-state index contributed by atoms with van der Waals surface area (Å²) < 4.78 is 19.2. The van der Waals surface area contributed by atoms with Crippen molar-refractivity contribution in [1.82, 2.24) is 20.0 Å². The van der Waals surface area contributed by atoms with Gasteiger partial charge in [0.2, 0.25) is 11.8 Å². The smallest absolute Gasteiger partial charge is 0.408 e. The van der Waals surface area contributed by atoms with Crippen LogP contribution in [0.25, 0.3) is 0 Å². The molecule has 222 valence electrons. The number of alkyl carbamates (subject to hydrolysis) is 1. The molecule has 1 saturated carbocycles. The zero-order valence-electron chi connectivity index (χ0n) is 24.4. The molecule has 5 atom stereocenters. The van der Waals surface area contributed by atoms with Crippen LogP contribution < -0.4 is 5.32 Å². The molecule has 3 aliphatic heterocycles. The lowest BCUT2D eigenvalue weighted by molar-refractivity contribution is -0.143. The summed E-state index contributed by atoms with van der Waals surface area (Å²) in [6.45, 7) is 6.48. The summed E-state index contributed by atoms with van der Waals surface area (Å²) >= 11 is 0. The number of piperazine rings is 1. The zero-order chi connectivity index (χ0) is 29.3. The van der Waals surface area contributed by atoms with E-state index >= 15 is 0 Å². The van der Waals surface area contributed by atoms with Gasteiger partial charge in [0, 0.05) is 25.7 Å². The molecule has 5 rings (SSSR count). The molecule has 41 heavy (non-hydrogen) atoms. The number of ether oxygens (including phenoxy) is 1. The number of hydrogen-bond acceptors (Lipinski definition) is 6. The number of carbonyl (C=O) groups excluding carboxylic acids is 3. The molecule has 4 fully saturated rings. The predicted molar refractivity (Wildman–Crippen MR) is 150 cm³/mol. The molecule has 1 aromatic carbocycles. The molecular formula is C31H42FN5O4. The molecule has 3 amide bonds. The Morgan fingerprint density at radius 3 is 2.46 bits per heavy atom. The van der Waals surface area contributed by atoms with Gasteiger partial charge in [0.15, 0.2) is 0 Å². The van der Waals surface area contributed by atoms with Crippen molar-refractivity contribution in [3.63, 3.8) is 0 Å². The molecule has 1 aromatic rings. The Kier molecular flexibility index (Phi) is 8.55. The molecule has 2 bridgehead atoms. The molecule has 4 aliphatic rings. The number of hydrogen-bond donors (Lipinski definition) is 1. The second kappa shape index (κ2) is 12.0. The number of halogens is 1. The number of benzene rings is 1. The third-order valence-electron chi connectivity index (χ3n) is 9.01. The van der Waals surface area contributed by atoms with Crippen molar-refractivity contribution in [3.05, 3.63) is 35.6 Å². The van der Waals surface area contributed by atoms with E-state index < -0.39 is 29.8 Å². The topological polar surface area (TPSA) is 106 Å². The first-order valence-electron chi connectivity index (χ1n) is 15.1. The first-order valence-corrected chi connectivity index (χ1v) is 15.1. The Morgan fingerprint density at radius 2 is 1.83 bits per heavy atom. The van der Waals surface area contributed by atoms with Crippen LogP contribution in [0.2, 0.25) is 0 Å². The van der Waals surface area contributed by atoms with Gasteiger partial charge in [0.1, 0.15) is 23.5 Å². The van der Waals surface area contributed by atoms with Gasteiger partial charge >= 0.3 is 6.09 Å². The van der Waals surface area contributed by atoms with Crippen LogP contribution in [0.4, 0.5) is 9.18 Å². The fourth-order valence-electron chi connectivity index (χ4n) is 7.26. The fraction of sp³-hybridized carbons (Fsp3) is 0.677. The highest BCUT2D eigenvalue weighted by atomic mass is 19.1. The number of carbonyl (C=O) groups is 3. The van der Waals surface area contributed by atoms with Crippen LogP contribution in [-0.4, -0.2) is 82.0 Å². The summed E-state index contributed by atoms with van der Waals surface area (Å²) in [6.07, 6.45) is 6.83. The van der Waals surface area contributed by atoms with Gasteiger partial charge in [-0.25, -0.2) is 9.18 Å². The summed E-state index contributed by atoms with van der Waals surface area (Å²) in [5.41, 5.74) is 0.236. The van der Waals surface area contributed by atoms with Crippen molar-refractivity contribution in [1.29, 1.82) is 5.26 Å². The number of nitrogens with zero attached hydrogens (tertiary/aromatic N) is 4. The van der Waals surface area contributed by atoms with E-state index in [1.165, 1.54) is 23.5 Å². The summed E-state index contributed by atoms with van der Waals surface area (Å²) in [5, 5.41) is 12.3. The molecule has 0 unspecified atom stereocenters. The third-order valence-corrected chi connectivity index (χ3v) is 9.01. The van der Waals surface area contributed by atoms with E-state index in [9.17, 15) is 24.0 Å². The summed E-state index contributed by atoms with van der Waals surface area (Å²) in [4.78, 5) is 45.9. The van der Waals surface area contributed by atoms with Crippen molar-refractivity contribution in [3.8, 4) is 6.07 Å². The zero-order valence-corrected chi connectivity index (χ0v) is 24.4. The number of nitrogens with one attached hydrogen (secondary N) is 1. The van der Waals surface area contributed by atoms with Crippen molar-refractivity contribution in [2.24, 2.45) is 5.92 Å². The lowest BCUT2D eigenvalue weighted by Gasteiger charge is -2.44. The van der Waals surface area contributed by atoms with Crippen molar-refractivity contribution in [2.75, 3.05) is 19.6 Å². The predicted octanol–water partition coefficient (Wildman–Crippen LogP) is 4.14. The molecule has 1 aliphatic carbocycles. The molecule has 0 spiro atoms. The molecule has 9 nitrogen and oxygen atoms in total. The van der Waals surface area contributed by atoms with E-state index in [1.54, 1.807) is 20.8 Å². The number of rotatable bonds is 7. The minimum atomic E-state index is -0.939. The fourth-order valence-corrected chi connectivity index (χ4v) is 7.26. The molecule has 3 heterocycles. The quantitative estimate of drug-likeness (QED) is 0.531. The lowest BCUT2D eigenvalue weighted by atomic mass is 9.80. The maximum Gasteiger partial charge on any atom is 0.408 e. The van der Waals surface area contributed by atoms with E-state index in [4.69, 9.17) is 4.74 Å². The molecular weight excluding hydrogens is 525 g/mol. The second-order valence-electron chi connectivity index (χ2n) is 13.0. The maximum absolute atomic E-state index is 14.0. The Morgan fingerprint density at radius 1 is 1.12 bits per heavy atom. The minimum Gasteiger partial charge on any atom is -0.444 e. The standard InChI is InChI=1S/C31H42FN5O4/c1-31(2,3)41-30(40)34-25(28(38)36-15-7-10-23(36)17-33)19-35-18-24-16-26(35)29(39)37(24)27(20-8-5-4-6-9-20)21-11-13-22(32)14-12-21/h11-14,20,23-27H,4-10,15-16,18-19H2,1-3H3,(H,34,40)/t23-,24+,25-,26+,27-/m0/s1. The van der Waals surface area contributed by atoms with Crippen molar-refractivity contribution >= 4 is 17.9 Å². The van der Waals surface area contributed by atoms with Gasteiger partial charge in [-0.2, -0.15) is 5.26 Å². The van der Waals surface area contributed by atoms with Crippen LogP contribution in [-0.2, 0) is 14.3 Å². The van der Waals surface area contributed by atoms with Gasteiger partial charge in [0.05, 0.1) is 18.2 Å². The summed E-state index contributed by atoms with van der Waals surface area (Å²) in [7, 11) is 0. The molecule has 0 aromatic heterocycles. The Bertz CT molecular complexity index is 1170. The number of likely N-dealkylation sites (tertiary alicyclic amines) is 3. The van der Waals surface area contributed by atoms with Crippen LogP contribution in [0.1, 0.15) is 83.7 Å². The molecule has 3 saturated heterocycles. The third kappa shape index (κ3) is 6.35. The lowest BCUT2D eigenvalue weighted by Crippen LogP contribution is -2.59. The van der Waals surface area contributed by atoms with E-state index in [1.807, 2.05) is 21.9 Å². The van der Waals surface area contributed by atoms with Gasteiger partial charge in [-0.05, 0) is 76.5 Å². The summed E-state index contributed by atoms with van der Waals surface area (Å²) in [5.74, 6) is -0.257. The van der Waals surface area contributed by atoms with Crippen LogP contribution >= 0.6 is 0 Å². The normalized spacial score (nSPS) is 26.6. The molecule has 0 radical (unpaired) electrons. The van der Waals surface area contributed by atoms with Gasteiger partial charge in [-0.15, -0.1) is 0 Å². The SMILES string of the molecule is CC(C)(C)OC(=O)N[C@@H](CN1C[C@H]2C[C@@H]1C(=O)N2[C@H](c1ccc(F)cc1)C1CCCCC1)C(=O)N1CCC[C@H]1C#N. The maximum atomic E-state index is 14.0. The highest BCUT2D eigenvalue weighted by molar-refractivity contribution is 5.88. The average molecular weight is 568 g/mol. The van der Waals surface area contributed by atoms with Crippen LogP contribution in [0.15, 0.2) is 24.3 Å². The molecule has 1 N–H and O–H groups in total. The number of fused-ring (bicyclic) bond motifs is 2. The van der Waals surface area contributed by atoms with Gasteiger partial charge in [-0.1, -0.05) is 31.4 Å². The Hall–Kier alpha value is -3.19. The van der Waals surface area contributed by atoms with E-state index in [0.717, 1.165) is 37.7 Å². The van der Waals surface area contributed by atoms with Crippen molar-refractivity contribution < 1.29 is 23.5 Å². The first-order chi connectivity index (χ1) is 19.6. The summed E-state index contributed by atoms with van der Waals surface area (Å²) in [6, 6.07) is 6.79. The average Bonchev–Trinajstić information content (AvgIpc) is 3.64. The van der Waals surface area contributed by atoms with Crippen LogP contribution in [0.5, 0.6) is 0 Å². The van der Waals surface area contributed by atoms with E-state index in [2.05, 4.69) is 11.4 Å². The van der Waals surface area contributed by atoms with Gasteiger partial charge in [-0.3, -0.25) is 14.5 Å². The van der Waals surface area contributed by atoms with Crippen molar-refractivity contribution in [2.45, 2.75) is 108 Å². The van der Waals surface area contributed by atoms with Gasteiger partial charge in [0.25, 0.3) is 0 Å².